The Hall–Kier alpha value is -3.00. The second-order valence-electron chi connectivity index (χ2n) is 6.62. The lowest BCUT2D eigenvalue weighted by atomic mass is 10.0. The lowest BCUT2D eigenvalue weighted by Gasteiger charge is -2.20. The van der Waals surface area contributed by atoms with Gasteiger partial charge in [0.05, 0.1) is 18.3 Å². The topological polar surface area (TPSA) is 84.3 Å². The third-order valence-corrected chi connectivity index (χ3v) is 5.68. The first-order valence-electron chi connectivity index (χ1n) is 9.54. The molecule has 0 saturated heterocycles. The molecule has 0 aliphatic rings. The molecule has 29 heavy (non-hydrogen) atoms. The van der Waals surface area contributed by atoms with Gasteiger partial charge in [0, 0.05) is 23.5 Å². The number of rotatable bonds is 7. The van der Waals surface area contributed by atoms with E-state index in [4.69, 9.17) is 0 Å². The average molecular weight is 413 g/mol. The van der Waals surface area contributed by atoms with Gasteiger partial charge in [-0.15, -0.1) is 11.3 Å². The van der Waals surface area contributed by atoms with E-state index in [1.807, 2.05) is 44.2 Å². The van der Waals surface area contributed by atoms with Crippen LogP contribution in [0.2, 0.25) is 0 Å². The molecular formula is C21H24N4O3S. The Labute approximate surface area is 173 Å². The van der Waals surface area contributed by atoms with Crippen molar-refractivity contribution in [2.45, 2.75) is 27.3 Å². The Kier molecular flexibility index (Phi) is 6.43. The molecule has 1 aromatic carbocycles. The number of amides is 2. The monoisotopic (exact) mass is 412 g/mol. The Morgan fingerprint density at radius 1 is 1.21 bits per heavy atom. The van der Waals surface area contributed by atoms with E-state index in [0.29, 0.717) is 23.3 Å². The molecule has 0 unspecified atom stereocenters. The summed E-state index contributed by atoms with van der Waals surface area (Å²) in [6, 6.07) is 9.70. The maximum absolute atomic E-state index is 13.2. The first-order valence-corrected chi connectivity index (χ1v) is 10.4. The molecule has 0 bridgehead atoms. The predicted octanol–water partition coefficient (Wildman–Crippen LogP) is 2.42. The number of fused-ring (bicyclic) bond motifs is 1. The van der Waals surface area contributed by atoms with Gasteiger partial charge in [-0.25, -0.2) is 4.98 Å². The van der Waals surface area contributed by atoms with Gasteiger partial charge >= 0.3 is 0 Å². The van der Waals surface area contributed by atoms with E-state index in [1.54, 1.807) is 6.92 Å². The fraction of sp³-hybridized carbons (Fsp3) is 0.333. The predicted molar refractivity (Wildman–Crippen MR) is 115 cm³/mol. The summed E-state index contributed by atoms with van der Waals surface area (Å²) in [5.74, 6) is -0.515. The number of aromatic nitrogens is 2. The van der Waals surface area contributed by atoms with E-state index in [1.165, 1.54) is 27.1 Å². The molecule has 0 aliphatic carbocycles. The fourth-order valence-electron chi connectivity index (χ4n) is 3.25. The summed E-state index contributed by atoms with van der Waals surface area (Å²) in [5, 5.41) is 3.21. The van der Waals surface area contributed by atoms with Gasteiger partial charge in [0.2, 0.25) is 11.8 Å². The number of hydrogen-bond acceptors (Lipinski definition) is 5. The number of hydrogen-bond donors (Lipinski definition) is 1. The first kappa shape index (κ1) is 20.7. The lowest BCUT2D eigenvalue weighted by Crippen LogP contribution is -2.42. The quantitative estimate of drug-likeness (QED) is 0.646. The summed E-state index contributed by atoms with van der Waals surface area (Å²) in [6.07, 6.45) is 1.41. The molecule has 0 saturated carbocycles. The van der Waals surface area contributed by atoms with Crippen molar-refractivity contribution in [2.75, 3.05) is 19.6 Å². The molecule has 0 atom stereocenters. The van der Waals surface area contributed by atoms with Crippen LogP contribution in [0.5, 0.6) is 0 Å². The van der Waals surface area contributed by atoms with Gasteiger partial charge in [-0.05, 0) is 26.3 Å². The standard InChI is InChI=1S/C21H24N4O3S/c1-4-22-16(26)11-24(5-2)17(27)12-25-13-23-20-19(21(25)28)18(14(3)29-20)15-9-7-6-8-10-15/h6-10,13H,4-5,11-12H2,1-3H3,(H,22,26). The molecule has 2 amide bonds. The van der Waals surface area contributed by atoms with Crippen LogP contribution in [0.25, 0.3) is 21.3 Å². The third kappa shape index (κ3) is 4.37. The van der Waals surface area contributed by atoms with Gasteiger partial charge < -0.3 is 10.2 Å². The van der Waals surface area contributed by atoms with E-state index in [2.05, 4.69) is 10.3 Å². The number of nitrogens with zero attached hydrogens (tertiary/aromatic N) is 3. The van der Waals surface area contributed by atoms with E-state index < -0.39 is 0 Å². The van der Waals surface area contributed by atoms with Gasteiger partial charge in [0.15, 0.2) is 0 Å². The molecule has 8 heteroatoms. The van der Waals surface area contributed by atoms with Crippen LogP contribution in [-0.4, -0.2) is 45.9 Å². The number of carbonyl (C=O) groups excluding carboxylic acids is 2. The molecule has 0 aliphatic heterocycles. The van der Waals surface area contributed by atoms with Gasteiger partial charge in [0.25, 0.3) is 5.56 Å². The van der Waals surface area contributed by atoms with Crippen molar-refractivity contribution in [3.05, 3.63) is 51.9 Å². The van der Waals surface area contributed by atoms with Crippen molar-refractivity contribution >= 4 is 33.4 Å². The third-order valence-electron chi connectivity index (χ3n) is 4.67. The van der Waals surface area contributed by atoms with E-state index >= 15 is 0 Å². The number of carbonyl (C=O) groups is 2. The number of aryl methyl sites for hydroxylation is 1. The first-order chi connectivity index (χ1) is 14.0. The zero-order valence-electron chi connectivity index (χ0n) is 16.8. The Morgan fingerprint density at radius 2 is 1.93 bits per heavy atom. The van der Waals surface area contributed by atoms with Gasteiger partial charge in [0.1, 0.15) is 11.4 Å². The van der Waals surface area contributed by atoms with E-state index in [9.17, 15) is 14.4 Å². The van der Waals surface area contributed by atoms with Crippen LogP contribution in [0.1, 0.15) is 18.7 Å². The SMILES string of the molecule is CCNC(=O)CN(CC)C(=O)Cn1cnc2sc(C)c(-c3ccccc3)c2c1=O. The van der Waals surface area contributed by atoms with Gasteiger partial charge in [-0.1, -0.05) is 30.3 Å². The molecule has 0 spiro atoms. The van der Waals surface area contributed by atoms with E-state index in [0.717, 1.165) is 16.0 Å². The molecule has 0 radical (unpaired) electrons. The van der Waals surface area contributed by atoms with Crippen LogP contribution in [0.15, 0.2) is 41.5 Å². The molecule has 0 fully saturated rings. The Morgan fingerprint density at radius 3 is 2.59 bits per heavy atom. The highest BCUT2D eigenvalue weighted by Crippen LogP contribution is 2.35. The zero-order valence-corrected chi connectivity index (χ0v) is 17.6. The minimum Gasteiger partial charge on any atom is -0.355 e. The summed E-state index contributed by atoms with van der Waals surface area (Å²) in [7, 11) is 0. The van der Waals surface area contributed by atoms with Crippen molar-refractivity contribution in [3.8, 4) is 11.1 Å². The van der Waals surface area contributed by atoms with Crippen LogP contribution in [0.4, 0.5) is 0 Å². The maximum Gasteiger partial charge on any atom is 0.263 e. The normalized spacial score (nSPS) is 10.9. The van der Waals surface area contributed by atoms with Crippen molar-refractivity contribution in [1.29, 1.82) is 0 Å². The Bertz CT molecular complexity index is 1090. The minimum absolute atomic E-state index is 0.0274. The average Bonchev–Trinajstić information content (AvgIpc) is 3.05. The van der Waals surface area contributed by atoms with Crippen molar-refractivity contribution < 1.29 is 9.59 Å². The lowest BCUT2D eigenvalue weighted by molar-refractivity contribution is -0.136. The summed E-state index contributed by atoms with van der Waals surface area (Å²) in [5.41, 5.74) is 1.56. The highest BCUT2D eigenvalue weighted by atomic mass is 32.1. The van der Waals surface area contributed by atoms with Crippen molar-refractivity contribution in [3.63, 3.8) is 0 Å². The van der Waals surface area contributed by atoms with Crippen LogP contribution >= 0.6 is 11.3 Å². The molecule has 3 aromatic rings. The summed E-state index contributed by atoms with van der Waals surface area (Å²) in [6.45, 7) is 6.30. The van der Waals surface area contributed by atoms with E-state index in [-0.39, 0.29) is 30.5 Å². The highest BCUT2D eigenvalue weighted by Gasteiger charge is 2.20. The molecular weight excluding hydrogens is 388 g/mol. The number of thiophene rings is 1. The Balaban J connectivity index is 1.95. The molecule has 152 valence electrons. The molecule has 1 N–H and O–H groups in total. The summed E-state index contributed by atoms with van der Waals surface area (Å²) < 4.78 is 1.32. The minimum atomic E-state index is -0.296. The second kappa shape index (κ2) is 9.00. The largest absolute Gasteiger partial charge is 0.355 e. The highest BCUT2D eigenvalue weighted by molar-refractivity contribution is 7.19. The summed E-state index contributed by atoms with van der Waals surface area (Å²) in [4.78, 5) is 45.2. The second-order valence-corrected chi connectivity index (χ2v) is 7.82. The number of nitrogens with one attached hydrogen (secondary N) is 1. The van der Waals surface area contributed by atoms with Crippen molar-refractivity contribution in [2.24, 2.45) is 0 Å². The zero-order chi connectivity index (χ0) is 21.0. The molecule has 3 rings (SSSR count). The number of likely N-dealkylation sites (N-methyl/N-ethyl adjacent to an activating group) is 2. The van der Waals surface area contributed by atoms with Crippen LogP contribution in [0, 0.1) is 6.92 Å². The van der Waals surface area contributed by atoms with Crippen LogP contribution in [-0.2, 0) is 16.1 Å². The number of benzene rings is 1. The molecule has 2 aromatic heterocycles. The molecule has 7 nitrogen and oxygen atoms in total. The van der Waals surface area contributed by atoms with Crippen molar-refractivity contribution in [1.82, 2.24) is 19.8 Å². The molecule has 2 heterocycles. The van der Waals surface area contributed by atoms with Crippen LogP contribution in [0.3, 0.4) is 0 Å². The van der Waals surface area contributed by atoms with Gasteiger partial charge in [-0.3, -0.25) is 19.0 Å². The fourth-order valence-corrected chi connectivity index (χ4v) is 4.25. The summed E-state index contributed by atoms with van der Waals surface area (Å²) >= 11 is 1.47. The maximum atomic E-state index is 13.2. The van der Waals surface area contributed by atoms with Gasteiger partial charge in [-0.2, -0.15) is 0 Å². The van der Waals surface area contributed by atoms with Crippen LogP contribution < -0.4 is 10.9 Å². The smallest absolute Gasteiger partial charge is 0.263 e.